The molecule has 0 aliphatic carbocycles. The van der Waals surface area contributed by atoms with Crippen LogP contribution in [0.2, 0.25) is 0 Å². The maximum absolute atomic E-state index is 13.0. The lowest BCUT2D eigenvalue weighted by atomic mass is 10.3. The average molecular weight is 364 g/mol. The lowest BCUT2D eigenvalue weighted by molar-refractivity contribution is 0.101. The second kappa shape index (κ2) is 7.37. The lowest BCUT2D eigenvalue weighted by Crippen LogP contribution is -2.19. The first kappa shape index (κ1) is 16.9. The molecule has 1 amide bonds. The Hall–Kier alpha value is -3.54. The molecule has 0 saturated carbocycles. The highest BCUT2D eigenvalue weighted by Crippen LogP contribution is 2.22. The number of anilines is 1. The van der Waals surface area contributed by atoms with Crippen LogP contribution in [0, 0.1) is 5.82 Å². The number of furan rings is 1. The fourth-order valence-corrected chi connectivity index (χ4v) is 2.91. The number of carbonyl (C=O) groups is 1. The predicted molar refractivity (Wildman–Crippen MR) is 100 cm³/mol. The number of amides is 1. The van der Waals surface area contributed by atoms with Gasteiger partial charge in [-0.15, -0.1) is 0 Å². The number of hydrogen-bond donors (Lipinski definition) is 1. The Balaban J connectivity index is 1.53. The van der Waals surface area contributed by atoms with Gasteiger partial charge in [-0.3, -0.25) is 4.79 Å². The molecule has 27 heavy (non-hydrogen) atoms. The van der Waals surface area contributed by atoms with Crippen molar-refractivity contribution in [1.82, 2.24) is 4.57 Å². The van der Waals surface area contributed by atoms with Gasteiger partial charge in [-0.05, 0) is 36.4 Å². The number of ether oxygens (including phenoxy) is 1. The summed E-state index contributed by atoms with van der Waals surface area (Å²) in [4.78, 5) is 12.7. The smallest absolute Gasteiger partial charge is 0.272 e. The van der Waals surface area contributed by atoms with Crippen LogP contribution < -0.4 is 10.1 Å². The molecule has 0 radical (unpaired) electrons. The van der Waals surface area contributed by atoms with E-state index in [-0.39, 0.29) is 11.7 Å². The number of rotatable bonds is 6. The van der Waals surface area contributed by atoms with Gasteiger partial charge in [0.1, 0.15) is 23.9 Å². The summed E-state index contributed by atoms with van der Waals surface area (Å²) in [7, 11) is 0. The lowest BCUT2D eigenvalue weighted by Gasteiger charge is -2.11. The van der Waals surface area contributed by atoms with Crippen LogP contribution in [0.3, 0.4) is 0 Å². The van der Waals surface area contributed by atoms with Crippen molar-refractivity contribution >= 4 is 22.7 Å². The third-order valence-corrected chi connectivity index (χ3v) is 4.18. The SMILES string of the molecule is O=C(Nc1ccc(F)cc1)c1cc2occc2n1CCOc1ccccc1. The molecule has 0 aliphatic heterocycles. The summed E-state index contributed by atoms with van der Waals surface area (Å²) in [6, 6.07) is 18.6. The van der Waals surface area contributed by atoms with Gasteiger partial charge in [0.25, 0.3) is 5.91 Å². The van der Waals surface area contributed by atoms with E-state index in [1.165, 1.54) is 24.3 Å². The van der Waals surface area contributed by atoms with Crippen LogP contribution in [0.25, 0.3) is 11.1 Å². The molecular formula is C21H17FN2O3. The van der Waals surface area contributed by atoms with Crippen LogP contribution in [0.5, 0.6) is 5.75 Å². The monoisotopic (exact) mass is 364 g/mol. The van der Waals surface area contributed by atoms with E-state index in [1.807, 2.05) is 41.0 Å². The zero-order valence-corrected chi connectivity index (χ0v) is 14.4. The topological polar surface area (TPSA) is 56.4 Å². The summed E-state index contributed by atoms with van der Waals surface area (Å²) in [6.07, 6.45) is 1.58. The Kier molecular flexibility index (Phi) is 4.61. The van der Waals surface area contributed by atoms with Crippen molar-refractivity contribution < 1.29 is 18.3 Å². The highest BCUT2D eigenvalue weighted by Gasteiger charge is 2.17. The molecule has 6 heteroatoms. The van der Waals surface area contributed by atoms with Gasteiger partial charge in [-0.25, -0.2) is 4.39 Å². The second-order valence-corrected chi connectivity index (χ2v) is 5.97. The van der Waals surface area contributed by atoms with Gasteiger partial charge >= 0.3 is 0 Å². The number of aromatic nitrogens is 1. The summed E-state index contributed by atoms with van der Waals surface area (Å²) in [6.45, 7) is 0.875. The zero-order chi connectivity index (χ0) is 18.6. The van der Waals surface area contributed by atoms with Gasteiger partial charge in [0.05, 0.1) is 18.3 Å². The Bertz CT molecular complexity index is 1050. The molecule has 2 aromatic carbocycles. The van der Waals surface area contributed by atoms with Gasteiger partial charge in [0.15, 0.2) is 5.58 Å². The summed E-state index contributed by atoms with van der Waals surface area (Å²) < 4.78 is 26.1. The average Bonchev–Trinajstić information content (AvgIpc) is 3.27. The highest BCUT2D eigenvalue weighted by molar-refractivity contribution is 6.05. The fourth-order valence-electron chi connectivity index (χ4n) is 2.91. The van der Waals surface area contributed by atoms with Gasteiger partial charge in [0.2, 0.25) is 0 Å². The summed E-state index contributed by atoms with van der Waals surface area (Å²) in [5, 5.41) is 2.78. The number of halogens is 1. The van der Waals surface area contributed by atoms with Crippen LogP contribution in [0.15, 0.2) is 77.4 Å². The Labute approximate surface area is 155 Å². The molecule has 2 heterocycles. The summed E-state index contributed by atoms with van der Waals surface area (Å²) in [5.74, 6) is 0.116. The van der Waals surface area contributed by atoms with Crippen LogP contribution in [0.4, 0.5) is 10.1 Å². The Morgan fingerprint density at radius 3 is 2.63 bits per heavy atom. The molecule has 2 aromatic heterocycles. The first-order valence-electron chi connectivity index (χ1n) is 8.52. The van der Waals surface area contributed by atoms with Gasteiger partial charge in [-0.1, -0.05) is 18.2 Å². The number of carbonyl (C=O) groups excluding carboxylic acids is 1. The second-order valence-electron chi connectivity index (χ2n) is 5.97. The maximum Gasteiger partial charge on any atom is 0.272 e. The van der Waals surface area contributed by atoms with E-state index in [0.29, 0.717) is 30.1 Å². The van der Waals surface area contributed by atoms with Crippen molar-refractivity contribution in [1.29, 1.82) is 0 Å². The molecule has 0 bridgehead atoms. The number of fused-ring (bicyclic) bond motifs is 1. The van der Waals surface area contributed by atoms with E-state index >= 15 is 0 Å². The van der Waals surface area contributed by atoms with Crippen LogP contribution in [0.1, 0.15) is 10.5 Å². The summed E-state index contributed by atoms with van der Waals surface area (Å²) >= 11 is 0. The molecular weight excluding hydrogens is 347 g/mol. The molecule has 0 fully saturated rings. The molecule has 0 saturated heterocycles. The molecule has 4 rings (SSSR count). The number of hydrogen-bond acceptors (Lipinski definition) is 3. The third kappa shape index (κ3) is 3.69. The van der Waals surface area contributed by atoms with Gasteiger partial charge < -0.3 is 19.0 Å². The van der Waals surface area contributed by atoms with E-state index in [9.17, 15) is 9.18 Å². The number of para-hydroxylation sites is 1. The van der Waals surface area contributed by atoms with E-state index in [4.69, 9.17) is 9.15 Å². The third-order valence-electron chi connectivity index (χ3n) is 4.18. The minimum absolute atomic E-state index is 0.298. The van der Waals surface area contributed by atoms with Crippen LogP contribution in [-0.4, -0.2) is 17.1 Å². The number of benzene rings is 2. The first-order chi connectivity index (χ1) is 13.2. The van der Waals surface area contributed by atoms with Gasteiger partial charge in [0, 0.05) is 17.8 Å². The molecule has 0 atom stereocenters. The highest BCUT2D eigenvalue weighted by atomic mass is 19.1. The minimum atomic E-state index is -0.355. The van der Waals surface area contributed by atoms with Crippen molar-refractivity contribution in [2.75, 3.05) is 11.9 Å². The van der Waals surface area contributed by atoms with E-state index in [2.05, 4.69) is 5.32 Å². The van der Waals surface area contributed by atoms with Crippen molar-refractivity contribution in [2.24, 2.45) is 0 Å². The fraction of sp³-hybridized carbons (Fsp3) is 0.0952. The van der Waals surface area contributed by atoms with E-state index < -0.39 is 0 Å². The quantitative estimate of drug-likeness (QED) is 0.539. The van der Waals surface area contributed by atoms with Crippen molar-refractivity contribution in [2.45, 2.75) is 6.54 Å². The molecule has 0 spiro atoms. The van der Waals surface area contributed by atoms with Crippen molar-refractivity contribution in [3.05, 3.63) is 84.5 Å². The molecule has 0 aliphatic rings. The molecule has 5 nitrogen and oxygen atoms in total. The zero-order valence-electron chi connectivity index (χ0n) is 14.4. The van der Waals surface area contributed by atoms with E-state index in [1.54, 1.807) is 12.3 Å². The largest absolute Gasteiger partial charge is 0.492 e. The Morgan fingerprint density at radius 1 is 1.07 bits per heavy atom. The standard InChI is InChI=1S/C21H17FN2O3/c22-15-6-8-16(9-7-15)23-21(25)19-14-20-18(10-12-27-20)24(19)11-13-26-17-4-2-1-3-5-17/h1-10,12,14H,11,13H2,(H,23,25). The molecule has 0 unspecified atom stereocenters. The predicted octanol–water partition coefficient (Wildman–Crippen LogP) is 4.70. The normalized spacial score (nSPS) is 10.9. The van der Waals surface area contributed by atoms with Crippen molar-refractivity contribution in [3.63, 3.8) is 0 Å². The van der Waals surface area contributed by atoms with E-state index in [0.717, 1.165) is 11.3 Å². The summed E-state index contributed by atoms with van der Waals surface area (Å²) in [5.41, 5.74) is 2.41. The maximum atomic E-state index is 13.0. The van der Waals surface area contributed by atoms with Crippen molar-refractivity contribution in [3.8, 4) is 5.75 Å². The number of nitrogens with zero attached hydrogens (tertiary/aromatic N) is 1. The minimum Gasteiger partial charge on any atom is -0.492 e. The Morgan fingerprint density at radius 2 is 1.85 bits per heavy atom. The van der Waals surface area contributed by atoms with Crippen LogP contribution in [-0.2, 0) is 6.54 Å². The number of nitrogens with one attached hydrogen (secondary N) is 1. The molecule has 136 valence electrons. The molecule has 4 aromatic rings. The molecule has 1 N–H and O–H groups in total. The van der Waals surface area contributed by atoms with Crippen LogP contribution >= 0.6 is 0 Å². The van der Waals surface area contributed by atoms with Gasteiger partial charge in [-0.2, -0.15) is 0 Å². The first-order valence-corrected chi connectivity index (χ1v) is 8.52.